The zero-order chi connectivity index (χ0) is 13.9. The number of hydrogen-bond donors (Lipinski definition) is 3. The van der Waals surface area contributed by atoms with Crippen LogP contribution in [0.2, 0.25) is 0 Å². The highest BCUT2D eigenvalue weighted by molar-refractivity contribution is 7.92. The van der Waals surface area contributed by atoms with Crippen molar-refractivity contribution in [2.45, 2.75) is 18.9 Å². The van der Waals surface area contributed by atoms with Crippen LogP contribution >= 0.6 is 0 Å². The van der Waals surface area contributed by atoms with Gasteiger partial charge in [-0.3, -0.25) is 4.72 Å². The summed E-state index contributed by atoms with van der Waals surface area (Å²) in [5.74, 6) is -0.582. The van der Waals surface area contributed by atoms with Gasteiger partial charge in [0.2, 0.25) is 10.0 Å². The molecule has 0 unspecified atom stereocenters. The lowest BCUT2D eigenvalue weighted by atomic mass is 10.1. The van der Waals surface area contributed by atoms with E-state index in [9.17, 15) is 12.8 Å². The molecule has 1 aliphatic heterocycles. The normalized spacial score (nSPS) is 17.2. The van der Waals surface area contributed by atoms with Crippen molar-refractivity contribution in [1.82, 2.24) is 5.32 Å². The van der Waals surface area contributed by atoms with Crippen molar-refractivity contribution in [3.8, 4) is 0 Å². The highest BCUT2D eigenvalue weighted by Crippen LogP contribution is 2.22. The lowest BCUT2D eigenvalue weighted by molar-refractivity contribution is 0.479. The zero-order valence-electron chi connectivity index (χ0n) is 10.7. The third kappa shape index (κ3) is 4.36. The van der Waals surface area contributed by atoms with Gasteiger partial charge in [0, 0.05) is 11.7 Å². The lowest BCUT2D eigenvalue weighted by Crippen LogP contribution is -2.35. The summed E-state index contributed by atoms with van der Waals surface area (Å²) in [5.41, 5.74) is 0.695. The van der Waals surface area contributed by atoms with E-state index < -0.39 is 15.8 Å². The van der Waals surface area contributed by atoms with Crippen molar-refractivity contribution >= 4 is 21.4 Å². The second kappa shape index (κ2) is 5.75. The molecular formula is C12H18FN3O2S. The van der Waals surface area contributed by atoms with Crippen molar-refractivity contribution in [1.29, 1.82) is 0 Å². The zero-order valence-corrected chi connectivity index (χ0v) is 11.6. The standard InChI is InChI=1S/C12H18FN3O2S/c1-19(17,18)16-12-8-10(2-3-11(12)13)15-9-4-6-14-7-5-9/h2-3,8-9,14-16H,4-7H2,1H3. The average Bonchev–Trinajstić information content (AvgIpc) is 2.33. The number of sulfonamides is 1. The summed E-state index contributed by atoms with van der Waals surface area (Å²) >= 11 is 0. The molecule has 0 amide bonds. The Hall–Kier alpha value is -1.34. The average molecular weight is 287 g/mol. The van der Waals surface area contributed by atoms with Gasteiger partial charge in [-0.1, -0.05) is 0 Å². The summed E-state index contributed by atoms with van der Waals surface area (Å²) in [7, 11) is -3.48. The van der Waals surface area contributed by atoms with E-state index in [-0.39, 0.29) is 5.69 Å². The number of piperidine rings is 1. The van der Waals surface area contributed by atoms with Crippen LogP contribution in [0.3, 0.4) is 0 Å². The van der Waals surface area contributed by atoms with E-state index in [1.165, 1.54) is 12.1 Å². The molecule has 0 aromatic heterocycles. The molecule has 0 atom stereocenters. The fraction of sp³-hybridized carbons (Fsp3) is 0.500. The van der Waals surface area contributed by atoms with E-state index >= 15 is 0 Å². The molecule has 0 aliphatic carbocycles. The molecule has 5 nitrogen and oxygen atoms in total. The van der Waals surface area contributed by atoms with Gasteiger partial charge >= 0.3 is 0 Å². The molecule has 0 radical (unpaired) electrons. The molecule has 3 N–H and O–H groups in total. The van der Waals surface area contributed by atoms with Gasteiger partial charge in [0.1, 0.15) is 5.82 Å². The Labute approximate surface area is 112 Å². The summed E-state index contributed by atoms with van der Waals surface area (Å²) in [4.78, 5) is 0. The summed E-state index contributed by atoms with van der Waals surface area (Å²) in [5, 5.41) is 6.55. The molecule has 1 aromatic carbocycles. The Balaban J connectivity index is 2.11. The number of halogens is 1. The minimum Gasteiger partial charge on any atom is -0.382 e. The van der Waals surface area contributed by atoms with E-state index in [1.807, 2.05) is 0 Å². The van der Waals surface area contributed by atoms with E-state index in [4.69, 9.17) is 0 Å². The molecule has 2 rings (SSSR count). The number of rotatable bonds is 4. The molecule has 0 bridgehead atoms. The van der Waals surface area contributed by atoms with Crippen LogP contribution in [0.4, 0.5) is 15.8 Å². The van der Waals surface area contributed by atoms with Crippen molar-refractivity contribution in [2.75, 3.05) is 29.4 Å². The minimum atomic E-state index is -3.48. The Morgan fingerprint density at radius 3 is 2.63 bits per heavy atom. The van der Waals surface area contributed by atoms with Gasteiger partial charge < -0.3 is 10.6 Å². The van der Waals surface area contributed by atoms with Crippen molar-refractivity contribution in [3.63, 3.8) is 0 Å². The van der Waals surface area contributed by atoms with Gasteiger partial charge in [0.25, 0.3) is 0 Å². The first kappa shape index (κ1) is 14.1. The molecule has 106 valence electrons. The quantitative estimate of drug-likeness (QED) is 0.782. The lowest BCUT2D eigenvalue weighted by Gasteiger charge is -2.25. The SMILES string of the molecule is CS(=O)(=O)Nc1cc(NC2CCNCC2)ccc1F. The smallest absolute Gasteiger partial charge is 0.229 e. The van der Waals surface area contributed by atoms with Crippen LogP contribution in [0, 0.1) is 5.82 Å². The second-order valence-electron chi connectivity index (χ2n) is 4.74. The summed E-state index contributed by atoms with van der Waals surface area (Å²) < 4.78 is 38.0. The van der Waals surface area contributed by atoms with E-state index in [0.29, 0.717) is 6.04 Å². The van der Waals surface area contributed by atoms with E-state index in [0.717, 1.165) is 37.9 Å². The van der Waals surface area contributed by atoms with Crippen LogP contribution in [0.15, 0.2) is 18.2 Å². The predicted molar refractivity (Wildman–Crippen MR) is 74.4 cm³/mol. The second-order valence-corrected chi connectivity index (χ2v) is 6.49. The number of hydrogen-bond acceptors (Lipinski definition) is 4. The van der Waals surface area contributed by atoms with Gasteiger partial charge in [-0.2, -0.15) is 0 Å². The maximum absolute atomic E-state index is 13.5. The molecule has 1 aromatic rings. The first-order chi connectivity index (χ1) is 8.94. The van der Waals surface area contributed by atoms with Crippen molar-refractivity contribution in [2.24, 2.45) is 0 Å². The molecular weight excluding hydrogens is 269 g/mol. The van der Waals surface area contributed by atoms with Gasteiger partial charge in [-0.25, -0.2) is 12.8 Å². The van der Waals surface area contributed by atoms with Gasteiger partial charge in [-0.05, 0) is 44.1 Å². The first-order valence-corrected chi connectivity index (χ1v) is 8.08. The van der Waals surface area contributed by atoms with Gasteiger partial charge in [0.15, 0.2) is 0 Å². The van der Waals surface area contributed by atoms with E-state index in [1.54, 1.807) is 6.07 Å². The molecule has 0 spiro atoms. The maximum atomic E-state index is 13.5. The number of nitrogens with one attached hydrogen (secondary N) is 3. The molecule has 1 aliphatic rings. The minimum absolute atomic E-state index is 0.0264. The van der Waals surface area contributed by atoms with Crippen LogP contribution in [-0.4, -0.2) is 33.8 Å². The molecule has 1 saturated heterocycles. The third-order valence-electron chi connectivity index (χ3n) is 2.97. The number of benzene rings is 1. The monoisotopic (exact) mass is 287 g/mol. The highest BCUT2D eigenvalue weighted by atomic mass is 32.2. The number of anilines is 2. The summed E-state index contributed by atoms with van der Waals surface area (Å²) in [6.45, 7) is 1.90. The summed E-state index contributed by atoms with van der Waals surface area (Å²) in [6.07, 6.45) is 2.98. The van der Waals surface area contributed by atoms with Crippen LogP contribution in [-0.2, 0) is 10.0 Å². The Morgan fingerprint density at radius 2 is 2.00 bits per heavy atom. The van der Waals surface area contributed by atoms with Crippen molar-refractivity contribution < 1.29 is 12.8 Å². The van der Waals surface area contributed by atoms with Crippen LogP contribution in [0.1, 0.15) is 12.8 Å². The fourth-order valence-electron chi connectivity index (χ4n) is 2.09. The van der Waals surface area contributed by atoms with Gasteiger partial charge in [-0.15, -0.1) is 0 Å². The van der Waals surface area contributed by atoms with Gasteiger partial charge in [0.05, 0.1) is 11.9 Å². The third-order valence-corrected chi connectivity index (χ3v) is 3.56. The Kier molecular flexibility index (Phi) is 4.26. The predicted octanol–water partition coefficient (Wildman–Crippen LogP) is 1.36. The largest absolute Gasteiger partial charge is 0.382 e. The van der Waals surface area contributed by atoms with Crippen LogP contribution < -0.4 is 15.4 Å². The van der Waals surface area contributed by atoms with Crippen molar-refractivity contribution in [3.05, 3.63) is 24.0 Å². The molecule has 1 heterocycles. The molecule has 1 fully saturated rings. The highest BCUT2D eigenvalue weighted by Gasteiger charge is 2.14. The molecule has 0 saturated carbocycles. The van der Waals surface area contributed by atoms with Crippen LogP contribution in [0.25, 0.3) is 0 Å². The molecule has 7 heteroatoms. The molecule has 19 heavy (non-hydrogen) atoms. The fourth-order valence-corrected chi connectivity index (χ4v) is 2.65. The van der Waals surface area contributed by atoms with E-state index in [2.05, 4.69) is 15.4 Å². The maximum Gasteiger partial charge on any atom is 0.229 e. The van der Waals surface area contributed by atoms with Crippen LogP contribution in [0.5, 0.6) is 0 Å². The Bertz CT molecular complexity index is 542. The summed E-state index contributed by atoms with van der Waals surface area (Å²) in [6, 6.07) is 4.69. The Morgan fingerprint density at radius 1 is 1.32 bits per heavy atom. The first-order valence-electron chi connectivity index (χ1n) is 6.19. The topological polar surface area (TPSA) is 70.2 Å².